The Balaban J connectivity index is 1.38. The number of nitrogens with zero attached hydrogens (tertiary/aromatic N) is 6. The molecular formula is C30H37F2N7O. The average molecular weight is 550 g/mol. The van der Waals surface area contributed by atoms with Crippen molar-refractivity contribution >= 4 is 17.7 Å². The molecule has 2 fully saturated rings. The Morgan fingerprint density at radius 1 is 1.10 bits per heavy atom. The Morgan fingerprint density at radius 3 is 2.60 bits per heavy atom. The molecule has 4 aliphatic heterocycles. The number of rotatable bonds is 1. The number of nitrogens with one attached hydrogen (secondary N) is 1. The molecule has 2 amide bonds. The van der Waals surface area contributed by atoms with E-state index in [1.165, 1.54) is 4.90 Å². The van der Waals surface area contributed by atoms with Gasteiger partial charge in [-0.2, -0.15) is 5.26 Å². The number of hydrogen-bond donors (Lipinski definition) is 1. The van der Waals surface area contributed by atoms with Crippen LogP contribution in [-0.4, -0.2) is 58.0 Å². The fourth-order valence-corrected chi connectivity index (χ4v) is 6.42. The second-order valence-electron chi connectivity index (χ2n) is 11.9. The lowest BCUT2D eigenvalue weighted by atomic mass is 9.85. The van der Waals surface area contributed by atoms with E-state index in [2.05, 4.69) is 16.3 Å². The number of amides is 2. The van der Waals surface area contributed by atoms with Crippen molar-refractivity contribution in [1.29, 1.82) is 5.26 Å². The van der Waals surface area contributed by atoms with E-state index in [-0.39, 0.29) is 24.2 Å². The van der Waals surface area contributed by atoms with Crippen LogP contribution in [0.25, 0.3) is 0 Å². The number of aryl methyl sites for hydroxylation is 1. The molecule has 0 unspecified atom stereocenters. The molecule has 7 rings (SSSR count). The Labute approximate surface area is 234 Å². The van der Waals surface area contributed by atoms with E-state index in [4.69, 9.17) is 9.97 Å². The maximum absolute atomic E-state index is 15.7. The van der Waals surface area contributed by atoms with Gasteiger partial charge in [-0.05, 0) is 76.7 Å². The third-order valence-electron chi connectivity index (χ3n) is 9.23. The average Bonchev–Trinajstić information content (AvgIpc) is 3.76. The molecule has 5 aliphatic rings. The minimum absolute atomic E-state index is 0.0600. The van der Waals surface area contributed by atoms with E-state index in [1.54, 1.807) is 30.1 Å². The normalized spacial score (nSPS) is 27.6. The molecular weight excluding hydrogens is 512 g/mol. The lowest BCUT2D eigenvalue weighted by molar-refractivity contribution is -0.0855. The summed E-state index contributed by atoms with van der Waals surface area (Å²) in [6, 6.07) is 8.53. The molecule has 1 aliphatic carbocycles. The summed E-state index contributed by atoms with van der Waals surface area (Å²) in [6.45, 7) is 4.50. The molecule has 1 atom stereocenters. The third kappa shape index (κ3) is 4.78. The first-order valence-electron chi connectivity index (χ1n) is 14.6. The SMILES string of the molecule is C[C@H]1Nc2nc(nc3c2CN(C2(C#N)CC2)C(=O)N3C)CCCCCN2CCC(CC2)C(F)(F)c2cccc1c2. The van der Waals surface area contributed by atoms with Gasteiger partial charge in [-0.1, -0.05) is 24.6 Å². The summed E-state index contributed by atoms with van der Waals surface area (Å²) >= 11 is 0. The highest BCUT2D eigenvalue weighted by molar-refractivity contribution is 5.95. The van der Waals surface area contributed by atoms with Crippen molar-refractivity contribution in [3.05, 3.63) is 46.8 Å². The molecule has 0 spiro atoms. The second kappa shape index (κ2) is 10.3. The van der Waals surface area contributed by atoms with Gasteiger partial charge in [-0.25, -0.2) is 23.5 Å². The van der Waals surface area contributed by atoms with Crippen LogP contribution in [0.1, 0.15) is 80.4 Å². The zero-order chi connectivity index (χ0) is 28.1. The van der Waals surface area contributed by atoms with Gasteiger partial charge in [0, 0.05) is 31.0 Å². The number of halogens is 2. The number of aromatic nitrogens is 2. The van der Waals surface area contributed by atoms with Crippen molar-refractivity contribution in [3.8, 4) is 6.07 Å². The number of alkyl halides is 2. The van der Waals surface area contributed by atoms with Gasteiger partial charge in [0.2, 0.25) is 0 Å². The van der Waals surface area contributed by atoms with Crippen LogP contribution >= 0.6 is 0 Å². The van der Waals surface area contributed by atoms with Crippen LogP contribution < -0.4 is 10.2 Å². The van der Waals surface area contributed by atoms with Gasteiger partial charge < -0.3 is 15.1 Å². The highest BCUT2D eigenvalue weighted by atomic mass is 19.3. The lowest BCUT2D eigenvalue weighted by Crippen LogP contribution is -2.51. The van der Waals surface area contributed by atoms with E-state index in [9.17, 15) is 10.1 Å². The minimum Gasteiger partial charge on any atom is -0.363 e. The van der Waals surface area contributed by atoms with Crippen LogP contribution in [0.4, 0.5) is 25.2 Å². The van der Waals surface area contributed by atoms with Gasteiger partial charge in [-0.15, -0.1) is 0 Å². The van der Waals surface area contributed by atoms with E-state index >= 15 is 8.78 Å². The molecule has 5 heterocycles. The first-order valence-corrected chi connectivity index (χ1v) is 14.6. The number of carbonyl (C=O) groups excluding carboxylic acids is 1. The van der Waals surface area contributed by atoms with Gasteiger partial charge >= 0.3 is 6.03 Å². The predicted molar refractivity (Wildman–Crippen MR) is 148 cm³/mol. The number of benzene rings is 1. The molecule has 10 heteroatoms. The lowest BCUT2D eigenvalue weighted by Gasteiger charge is -2.38. The summed E-state index contributed by atoms with van der Waals surface area (Å²) in [7, 11) is 1.69. The molecule has 40 heavy (non-hydrogen) atoms. The van der Waals surface area contributed by atoms with E-state index < -0.39 is 17.4 Å². The molecule has 1 N–H and O–H groups in total. The fourth-order valence-electron chi connectivity index (χ4n) is 6.42. The molecule has 0 radical (unpaired) electrons. The summed E-state index contributed by atoms with van der Waals surface area (Å²) in [4.78, 5) is 28.5. The van der Waals surface area contributed by atoms with Crippen molar-refractivity contribution in [2.45, 2.75) is 82.3 Å². The zero-order valence-electron chi connectivity index (χ0n) is 23.3. The molecule has 1 saturated heterocycles. The standard InChI is InChI=1S/C30H37F2N7O/c1-20-21-7-6-8-23(17-21)30(31,32)22-10-15-38(16-11-22)14-5-3-4-9-25-35-26(34-20)24-18-39(29(19-33)12-13-29)28(40)37(2)27(24)36-25/h6-8,17,20,22H,3-5,9-16,18H2,1-2H3,(H,34,35,36)/t20-/m1/s1. The van der Waals surface area contributed by atoms with E-state index in [0.29, 0.717) is 62.7 Å². The maximum Gasteiger partial charge on any atom is 0.327 e. The van der Waals surface area contributed by atoms with Crippen LogP contribution in [-0.2, 0) is 18.9 Å². The summed E-state index contributed by atoms with van der Waals surface area (Å²) in [5, 5.41) is 13.3. The molecule has 1 aromatic heterocycles. The summed E-state index contributed by atoms with van der Waals surface area (Å²) < 4.78 is 31.4. The summed E-state index contributed by atoms with van der Waals surface area (Å²) in [5.74, 6) is -1.76. The zero-order valence-corrected chi connectivity index (χ0v) is 23.3. The smallest absolute Gasteiger partial charge is 0.327 e. The van der Waals surface area contributed by atoms with Crippen molar-refractivity contribution in [3.63, 3.8) is 0 Å². The van der Waals surface area contributed by atoms with Crippen molar-refractivity contribution in [1.82, 2.24) is 19.8 Å². The summed E-state index contributed by atoms with van der Waals surface area (Å²) in [6.07, 6.45) is 5.89. The van der Waals surface area contributed by atoms with Gasteiger partial charge in [0.1, 0.15) is 23.0 Å². The highest BCUT2D eigenvalue weighted by Gasteiger charge is 2.54. The minimum atomic E-state index is -2.89. The molecule has 2 aromatic rings. The summed E-state index contributed by atoms with van der Waals surface area (Å²) in [5.41, 5.74) is 0.771. The number of carbonyl (C=O) groups is 1. The Hall–Kier alpha value is -3.32. The van der Waals surface area contributed by atoms with Crippen molar-refractivity contribution in [2.24, 2.45) is 5.92 Å². The molecule has 1 saturated carbocycles. The third-order valence-corrected chi connectivity index (χ3v) is 9.23. The number of fused-ring (bicyclic) bond motifs is 8. The first-order chi connectivity index (χ1) is 19.2. The van der Waals surface area contributed by atoms with Gasteiger partial charge in [0.15, 0.2) is 0 Å². The van der Waals surface area contributed by atoms with Crippen LogP contribution in [0, 0.1) is 17.2 Å². The monoisotopic (exact) mass is 549 g/mol. The number of anilines is 2. The van der Waals surface area contributed by atoms with Crippen molar-refractivity contribution in [2.75, 3.05) is 36.9 Å². The van der Waals surface area contributed by atoms with Crippen LogP contribution in [0.3, 0.4) is 0 Å². The number of urea groups is 1. The Bertz CT molecular complexity index is 1330. The van der Waals surface area contributed by atoms with Gasteiger partial charge in [-0.3, -0.25) is 4.90 Å². The fraction of sp³-hybridized carbons (Fsp3) is 0.600. The van der Waals surface area contributed by atoms with Crippen molar-refractivity contribution < 1.29 is 13.6 Å². The maximum atomic E-state index is 15.7. The van der Waals surface area contributed by atoms with E-state index in [1.807, 2.05) is 13.0 Å². The molecule has 212 valence electrons. The quantitative estimate of drug-likeness (QED) is 0.498. The molecule has 8 nitrogen and oxygen atoms in total. The Kier molecular flexibility index (Phi) is 6.89. The first kappa shape index (κ1) is 26.9. The Morgan fingerprint density at radius 2 is 1.88 bits per heavy atom. The molecule has 6 bridgehead atoms. The second-order valence-corrected chi connectivity index (χ2v) is 11.9. The van der Waals surface area contributed by atoms with Crippen LogP contribution in [0.5, 0.6) is 0 Å². The van der Waals surface area contributed by atoms with Gasteiger partial charge in [0.05, 0.1) is 18.2 Å². The highest BCUT2D eigenvalue weighted by Crippen LogP contribution is 2.46. The van der Waals surface area contributed by atoms with Crippen LogP contribution in [0.2, 0.25) is 0 Å². The van der Waals surface area contributed by atoms with Crippen LogP contribution in [0.15, 0.2) is 24.3 Å². The molecule has 1 aromatic carbocycles. The number of nitriles is 1. The topological polar surface area (TPSA) is 88.4 Å². The van der Waals surface area contributed by atoms with Gasteiger partial charge in [0.25, 0.3) is 5.92 Å². The number of piperidine rings is 1. The largest absolute Gasteiger partial charge is 0.363 e. The number of hydrogen-bond acceptors (Lipinski definition) is 6. The predicted octanol–water partition coefficient (Wildman–Crippen LogP) is 5.61. The van der Waals surface area contributed by atoms with E-state index in [0.717, 1.165) is 36.9 Å².